The van der Waals surface area contributed by atoms with E-state index in [1.54, 1.807) is 12.4 Å². The highest BCUT2D eigenvalue weighted by atomic mass is 32.2. The van der Waals surface area contributed by atoms with E-state index >= 15 is 0 Å². The van der Waals surface area contributed by atoms with Crippen molar-refractivity contribution in [1.82, 2.24) is 33.6 Å². The van der Waals surface area contributed by atoms with Gasteiger partial charge in [-0.1, -0.05) is 13.3 Å². The van der Waals surface area contributed by atoms with Gasteiger partial charge in [0, 0.05) is 18.2 Å². The number of hydrogen-bond donors (Lipinski definition) is 2. The number of H-pyrrole nitrogens is 1. The molecule has 1 saturated carbocycles. The molecule has 4 heterocycles. The fourth-order valence-corrected chi connectivity index (χ4v) is 6.03. The molecule has 3 atom stereocenters. The van der Waals surface area contributed by atoms with Gasteiger partial charge in [-0.25, -0.2) is 13.8 Å². The second kappa shape index (κ2) is 6.41. The molecule has 1 aliphatic carbocycles. The van der Waals surface area contributed by atoms with E-state index in [2.05, 4.69) is 31.8 Å². The van der Waals surface area contributed by atoms with Crippen LogP contribution in [0.5, 0.6) is 0 Å². The third kappa shape index (κ3) is 3.09. The minimum Gasteiger partial charge on any atom is -0.345 e. The Labute approximate surface area is 165 Å². The first-order valence-corrected chi connectivity index (χ1v) is 11.0. The Bertz CT molecular complexity index is 1170. The molecular weight excluding hydrogens is 404 g/mol. The van der Waals surface area contributed by atoms with Gasteiger partial charge in [0.25, 0.3) is 16.1 Å². The van der Waals surface area contributed by atoms with Gasteiger partial charge in [0.1, 0.15) is 5.82 Å². The summed E-state index contributed by atoms with van der Waals surface area (Å²) >= 11 is 0. The van der Waals surface area contributed by atoms with Gasteiger partial charge >= 0.3 is 0 Å². The topological polar surface area (TPSA) is 108 Å². The summed E-state index contributed by atoms with van der Waals surface area (Å²) in [7, 11) is -3.92. The van der Waals surface area contributed by atoms with E-state index in [1.165, 1.54) is 0 Å². The van der Waals surface area contributed by atoms with Crippen molar-refractivity contribution < 1.29 is 17.2 Å². The predicted octanol–water partition coefficient (Wildman–Crippen LogP) is 1.66. The molecule has 0 aromatic carbocycles. The van der Waals surface area contributed by atoms with E-state index in [9.17, 15) is 17.2 Å². The molecular formula is C17H21F2N7O2S. The lowest BCUT2D eigenvalue weighted by atomic mass is 9.93. The third-order valence-electron chi connectivity index (χ3n) is 5.99. The van der Waals surface area contributed by atoms with Gasteiger partial charge in [-0.05, 0) is 24.8 Å². The SMILES string of the molecule is CC[C@@H]1CC(NS(=O)(=O)N2CC(F)(F)C2)C[C@@H]1c1nnc2cnc3[nH]ccc3n12. The largest absolute Gasteiger partial charge is 0.345 e. The Hall–Kier alpha value is -2.18. The summed E-state index contributed by atoms with van der Waals surface area (Å²) in [5.41, 5.74) is 2.22. The lowest BCUT2D eigenvalue weighted by Gasteiger charge is -2.37. The van der Waals surface area contributed by atoms with E-state index < -0.39 is 29.2 Å². The molecule has 0 radical (unpaired) electrons. The van der Waals surface area contributed by atoms with Crippen molar-refractivity contribution in [1.29, 1.82) is 0 Å². The van der Waals surface area contributed by atoms with Crippen LogP contribution in [0, 0.1) is 5.92 Å². The van der Waals surface area contributed by atoms with Crippen molar-refractivity contribution in [2.75, 3.05) is 13.1 Å². The molecule has 2 fully saturated rings. The minimum absolute atomic E-state index is 0.000955. The fraction of sp³-hybridized carbons (Fsp3) is 0.588. The average Bonchev–Trinajstić information content (AvgIpc) is 3.35. The van der Waals surface area contributed by atoms with Crippen LogP contribution < -0.4 is 4.72 Å². The smallest absolute Gasteiger partial charge is 0.280 e. The first-order chi connectivity index (χ1) is 13.8. The summed E-state index contributed by atoms with van der Waals surface area (Å²) in [6, 6.07) is 1.57. The number of nitrogens with one attached hydrogen (secondary N) is 2. The Morgan fingerprint density at radius 1 is 1.31 bits per heavy atom. The van der Waals surface area contributed by atoms with Crippen LogP contribution in [0.25, 0.3) is 16.8 Å². The number of fused-ring (bicyclic) bond motifs is 3. The predicted molar refractivity (Wildman–Crippen MR) is 101 cm³/mol. The lowest BCUT2D eigenvalue weighted by molar-refractivity contribution is -0.0950. The molecule has 1 saturated heterocycles. The van der Waals surface area contributed by atoms with Crippen LogP contribution in [0.2, 0.25) is 0 Å². The van der Waals surface area contributed by atoms with Crippen LogP contribution in [-0.2, 0) is 10.2 Å². The van der Waals surface area contributed by atoms with Crippen LogP contribution in [0.4, 0.5) is 8.78 Å². The average molecular weight is 425 g/mol. The molecule has 1 unspecified atom stereocenters. The zero-order chi connectivity index (χ0) is 20.4. The number of alkyl halides is 2. The molecule has 29 heavy (non-hydrogen) atoms. The van der Waals surface area contributed by atoms with Gasteiger partial charge < -0.3 is 4.98 Å². The molecule has 5 rings (SSSR count). The van der Waals surface area contributed by atoms with Crippen molar-refractivity contribution in [3.63, 3.8) is 0 Å². The maximum absolute atomic E-state index is 13.1. The summed E-state index contributed by atoms with van der Waals surface area (Å²) in [6.07, 6.45) is 5.46. The van der Waals surface area contributed by atoms with Gasteiger partial charge in [-0.3, -0.25) is 4.40 Å². The van der Waals surface area contributed by atoms with Gasteiger partial charge in [-0.15, -0.1) is 10.2 Å². The molecule has 12 heteroatoms. The van der Waals surface area contributed by atoms with Gasteiger partial charge in [0.05, 0.1) is 24.8 Å². The third-order valence-corrected chi connectivity index (χ3v) is 7.56. The van der Waals surface area contributed by atoms with E-state index in [-0.39, 0.29) is 17.9 Å². The Morgan fingerprint density at radius 3 is 2.83 bits per heavy atom. The van der Waals surface area contributed by atoms with Crippen molar-refractivity contribution in [3.8, 4) is 0 Å². The van der Waals surface area contributed by atoms with Crippen molar-refractivity contribution >= 4 is 27.0 Å². The summed E-state index contributed by atoms with van der Waals surface area (Å²) < 4.78 is 56.4. The summed E-state index contributed by atoms with van der Waals surface area (Å²) in [5.74, 6) is -1.96. The number of aromatic nitrogens is 5. The number of aromatic amines is 1. The van der Waals surface area contributed by atoms with Crippen LogP contribution in [0.15, 0.2) is 18.5 Å². The molecule has 2 N–H and O–H groups in total. The Morgan fingerprint density at radius 2 is 2.10 bits per heavy atom. The maximum Gasteiger partial charge on any atom is 0.280 e. The number of hydrogen-bond acceptors (Lipinski definition) is 5. The molecule has 0 bridgehead atoms. The Kier molecular flexibility index (Phi) is 4.16. The highest BCUT2D eigenvalue weighted by molar-refractivity contribution is 7.87. The monoisotopic (exact) mass is 425 g/mol. The highest BCUT2D eigenvalue weighted by Crippen LogP contribution is 2.42. The van der Waals surface area contributed by atoms with E-state index in [1.807, 2.05) is 10.5 Å². The van der Waals surface area contributed by atoms with Gasteiger partial charge in [-0.2, -0.15) is 17.4 Å². The van der Waals surface area contributed by atoms with Gasteiger partial charge in [0.2, 0.25) is 0 Å². The maximum atomic E-state index is 13.1. The van der Waals surface area contributed by atoms with Crippen LogP contribution in [-0.4, -0.2) is 62.3 Å². The molecule has 1 aliphatic heterocycles. The van der Waals surface area contributed by atoms with E-state index in [4.69, 9.17) is 0 Å². The molecule has 2 aliphatic rings. The second-order valence-electron chi connectivity index (χ2n) is 7.91. The zero-order valence-electron chi connectivity index (χ0n) is 15.7. The standard InChI is InChI=1S/C17H21F2N7O2S/c1-2-10-5-11(24-29(27,28)25-8-17(18,19)9-25)6-12(10)16-23-22-14-7-21-15-13(26(14)16)3-4-20-15/h3-4,7,10-12,20,24H,2,5-6,8-9H2,1H3/t10-,11?,12+/m1/s1. The number of rotatable bonds is 5. The van der Waals surface area contributed by atoms with E-state index in [0.717, 1.165) is 27.7 Å². The van der Waals surface area contributed by atoms with Gasteiger partial charge in [0.15, 0.2) is 11.3 Å². The molecule has 9 nitrogen and oxygen atoms in total. The van der Waals surface area contributed by atoms with Crippen molar-refractivity contribution in [2.45, 2.75) is 44.1 Å². The van der Waals surface area contributed by atoms with Crippen LogP contribution >= 0.6 is 0 Å². The quantitative estimate of drug-likeness (QED) is 0.646. The normalized spacial score (nSPS) is 27.6. The second-order valence-corrected chi connectivity index (χ2v) is 9.61. The van der Waals surface area contributed by atoms with Crippen molar-refractivity contribution in [2.24, 2.45) is 5.92 Å². The number of halogens is 2. The molecule has 0 spiro atoms. The molecule has 156 valence electrons. The summed E-state index contributed by atoms with van der Waals surface area (Å²) in [6.45, 7) is 0.535. The zero-order valence-corrected chi connectivity index (χ0v) is 16.5. The van der Waals surface area contributed by atoms with E-state index in [0.29, 0.717) is 18.5 Å². The molecule has 3 aromatic rings. The highest BCUT2D eigenvalue weighted by Gasteiger charge is 2.50. The first kappa shape index (κ1) is 18.8. The van der Waals surface area contributed by atoms with Crippen LogP contribution in [0.3, 0.4) is 0 Å². The number of nitrogens with zero attached hydrogens (tertiary/aromatic N) is 5. The molecule has 0 amide bonds. The summed E-state index contributed by atoms with van der Waals surface area (Å²) in [4.78, 5) is 7.39. The fourth-order valence-electron chi connectivity index (χ4n) is 4.55. The first-order valence-electron chi connectivity index (χ1n) is 9.60. The Balaban J connectivity index is 1.42. The van der Waals surface area contributed by atoms with Crippen LogP contribution in [0.1, 0.15) is 37.9 Å². The molecule has 3 aromatic heterocycles. The van der Waals surface area contributed by atoms with Crippen molar-refractivity contribution in [3.05, 3.63) is 24.3 Å². The lowest BCUT2D eigenvalue weighted by Crippen LogP contribution is -2.61. The summed E-state index contributed by atoms with van der Waals surface area (Å²) in [5, 5.41) is 8.62. The minimum atomic E-state index is -3.92.